The van der Waals surface area contributed by atoms with Crippen molar-refractivity contribution in [1.29, 1.82) is 0 Å². The van der Waals surface area contributed by atoms with Crippen molar-refractivity contribution < 1.29 is 9.53 Å². The molecule has 0 aliphatic heterocycles. The third-order valence-corrected chi connectivity index (χ3v) is 4.39. The lowest BCUT2D eigenvalue weighted by Crippen LogP contribution is -2.34. The molecule has 0 atom stereocenters. The first-order chi connectivity index (χ1) is 12.3. The third kappa shape index (κ3) is 2.39. The molecule has 2 heterocycles. The summed E-state index contributed by atoms with van der Waals surface area (Å²) in [6.45, 7) is 7.33. The Morgan fingerprint density at radius 3 is 2.38 bits per heavy atom. The summed E-state index contributed by atoms with van der Waals surface area (Å²) in [6.07, 6.45) is -0.661. The van der Waals surface area contributed by atoms with Crippen LogP contribution in [0.4, 0.5) is 4.79 Å². The Bertz CT molecular complexity index is 1240. The second-order valence-corrected chi connectivity index (χ2v) is 7.49. The van der Waals surface area contributed by atoms with Crippen molar-refractivity contribution in [2.75, 3.05) is 0 Å². The molecule has 0 unspecified atom stereocenters. The van der Waals surface area contributed by atoms with Gasteiger partial charge in [0, 0.05) is 5.39 Å². The van der Waals surface area contributed by atoms with E-state index >= 15 is 0 Å². The summed E-state index contributed by atoms with van der Waals surface area (Å²) in [5.74, 6) is 0. The topological polar surface area (TPSA) is 52.7 Å². The van der Waals surface area contributed by atoms with Crippen molar-refractivity contribution in [3.05, 3.63) is 64.4 Å². The molecule has 0 saturated heterocycles. The number of benzene rings is 2. The third-order valence-electron chi connectivity index (χ3n) is 4.39. The molecule has 0 aliphatic rings. The van der Waals surface area contributed by atoms with E-state index in [9.17, 15) is 9.59 Å². The lowest BCUT2D eigenvalue weighted by Gasteiger charge is -2.21. The van der Waals surface area contributed by atoms with E-state index in [1.54, 1.807) is 26.8 Å². The standard InChI is InChI=1S/C21H20N2O3/c1-13-8-7-11-16-18(13)22-15-10-6-5-9-14(15)12-17(22)19(24)23(16)20(25)26-21(2,3)4/h5-12H,1-4H3. The number of hydrogen-bond acceptors (Lipinski definition) is 3. The van der Waals surface area contributed by atoms with Gasteiger partial charge in [0.25, 0.3) is 5.56 Å². The van der Waals surface area contributed by atoms with Gasteiger partial charge in [-0.2, -0.15) is 0 Å². The van der Waals surface area contributed by atoms with Crippen molar-refractivity contribution in [3.8, 4) is 0 Å². The van der Waals surface area contributed by atoms with E-state index in [0.29, 0.717) is 11.0 Å². The van der Waals surface area contributed by atoms with Gasteiger partial charge < -0.3 is 9.14 Å². The molecule has 4 aromatic rings. The summed E-state index contributed by atoms with van der Waals surface area (Å²) in [6, 6.07) is 15.2. The second-order valence-electron chi connectivity index (χ2n) is 7.49. The van der Waals surface area contributed by atoms with Crippen LogP contribution in [0.25, 0.3) is 27.5 Å². The van der Waals surface area contributed by atoms with E-state index in [1.807, 2.05) is 53.8 Å². The van der Waals surface area contributed by atoms with Crippen LogP contribution in [-0.2, 0) is 4.74 Å². The Hall–Kier alpha value is -3.08. The van der Waals surface area contributed by atoms with E-state index in [1.165, 1.54) is 0 Å². The van der Waals surface area contributed by atoms with Gasteiger partial charge >= 0.3 is 6.09 Å². The van der Waals surface area contributed by atoms with Crippen LogP contribution >= 0.6 is 0 Å². The van der Waals surface area contributed by atoms with Gasteiger partial charge in [-0.25, -0.2) is 9.36 Å². The molecule has 0 radical (unpaired) electrons. The molecule has 5 nitrogen and oxygen atoms in total. The van der Waals surface area contributed by atoms with Crippen LogP contribution in [0.2, 0.25) is 0 Å². The van der Waals surface area contributed by atoms with Gasteiger partial charge in [0.15, 0.2) is 0 Å². The number of fused-ring (bicyclic) bond motifs is 5. The molecule has 0 spiro atoms. The van der Waals surface area contributed by atoms with Crippen LogP contribution in [0, 0.1) is 6.92 Å². The fraction of sp³-hybridized carbons (Fsp3) is 0.238. The van der Waals surface area contributed by atoms with E-state index in [4.69, 9.17) is 4.74 Å². The molecule has 0 amide bonds. The normalized spacial score (nSPS) is 12.2. The average Bonchev–Trinajstić information content (AvgIpc) is 2.93. The zero-order valence-corrected chi connectivity index (χ0v) is 15.2. The highest BCUT2D eigenvalue weighted by atomic mass is 16.6. The van der Waals surface area contributed by atoms with Crippen LogP contribution in [0.15, 0.2) is 53.3 Å². The number of ether oxygens (including phenoxy) is 1. The molecule has 0 bridgehead atoms. The number of carbonyl (C=O) groups is 1. The van der Waals surface area contributed by atoms with E-state index in [0.717, 1.165) is 26.6 Å². The summed E-state index contributed by atoms with van der Waals surface area (Å²) < 4.78 is 8.56. The SMILES string of the molecule is Cc1cccc2c1n1c(cc3ccccc31)c(=O)n2C(=O)OC(C)(C)C. The first kappa shape index (κ1) is 16.4. The smallest absolute Gasteiger partial charge is 0.422 e. The molecule has 132 valence electrons. The predicted molar refractivity (Wildman–Crippen MR) is 103 cm³/mol. The number of nitrogens with zero attached hydrogens (tertiary/aromatic N) is 2. The van der Waals surface area contributed by atoms with E-state index < -0.39 is 11.7 Å². The summed E-state index contributed by atoms with van der Waals surface area (Å²) in [5, 5.41) is 0.955. The molecule has 0 aliphatic carbocycles. The lowest BCUT2D eigenvalue weighted by atomic mass is 10.2. The molecule has 0 saturated carbocycles. The van der Waals surface area contributed by atoms with Crippen molar-refractivity contribution in [3.63, 3.8) is 0 Å². The van der Waals surface area contributed by atoms with Crippen molar-refractivity contribution >= 4 is 33.5 Å². The summed E-state index contributed by atoms with van der Waals surface area (Å²) in [5.41, 5.74) is 2.67. The molecule has 2 aromatic heterocycles. The number of rotatable bonds is 0. The lowest BCUT2D eigenvalue weighted by molar-refractivity contribution is 0.0539. The largest absolute Gasteiger partial charge is 0.443 e. The van der Waals surface area contributed by atoms with Gasteiger partial charge in [0.2, 0.25) is 0 Å². The van der Waals surface area contributed by atoms with Crippen LogP contribution in [0.3, 0.4) is 0 Å². The average molecular weight is 348 g/mol. The summed E-state index contributed by atoms with van der Waals surface area (Å²) >= 11 is 0. The molecule has 4 rings (SSSR count). The zero-order valence-electron chi connectivity index (χ0n) is 15.2. The number of hydrogen-bond donors (Lipinski definition) is 0. The molecule has 5 heteroatoms. The molecular formula is C21H20N2O3. The molecule has 0 N–H and O–H groups in total. The van der Waals surface area contributed by atoms with Crippen molar-refractivity contribution in [2.24, 2.45) is 0 Å². The highest BCUT2D eigenvalue weighted by Gasteiger charge is 2.23. The maximum Gasteiger partial charge on any atom is 0.422 e. The molecule has 26 heavy (non-hydrogen) atoms. The van der Waals surface area contributed by atoms with Gasteiger partial charge in [-0.15, -0.1) is 0 Å². The van der Waals surface area contributed by atoms with Gasteiger partial charge in [0.1, 0.15) is 11.1 Å². The molecule has 0 fully saturated rings. The highest BCUT2D eigenvalue weighted by Crippen LogP contribution is 2.26. The second kappa shape index (κ2) is 5.46. The first-order valence-corrected chi connectivity index (χ1v) is 8.56. The fourth-order valence-corrected chi connectivity index (χ4v) is 3.38. The van der Waals surface area contributed by atoms with Crippen molar-refractivity contribution in [1.82, 2.24) is 8.97 Å². The number of carbonyl (C=O) groups excluding carboxylic acids is 1. The number of para-hydroxylation sites is 2. The minimum Gasteiger partial charge on any atom is -0.443 e. The Morgan fingerprint density at radius 2 is 1.65 bits per heavy atom. The minimum absolute atomic E-state index is 0.381. The Kier molecular flexibility index (Phi) is 3.44. The Labute approximate surface area is 150 Å². The van der Waals surface area contributed by atoms with E-state index in [-0.39, 0.29) is 5.56 Å². The van der Waals surface area contributed by atoms with Crippen molar-refractivity contribution in [2.45, 2.75) is 33.3 Å². The maximum absolute atomic E-state index is 13.2. The highest BCUT2D eigenvalue weighted by molar-refractivity contribution is 5.97. The van der Waals surface area contributed by atoms with Crippen LogP contribution in [0.5, 0.6) is 0 Å². The molecular weight excluding hydrogens is 328 g/mol. The van der Waals surface area contributed by atoms with Crippen LogP contribution in [-0.4, -0.2) is 20.7 Å². The fourth-order valence-electron chi connectivity index (χ4n) is 3.38. The molecule has 2 aromatic carbocycles. The zero-order chi connectivity index (χ0) is 18.6. The first-order valence-electron chi connectivity index (χ1n) is 8.56. The Balaban J connectivity index is 2.21. The number of aromatic nitrogens is 2. The van der Waals surface area contributed by atoms with Crippen LogP contribution < -0.4 is 5.56 Å². The van der Waals surface area contributed by atoms with Gasteiger partial charge in [-0.3, -0.25) is 4.79 Å². The minimum atomic E-state index is -0.689. The quantitative estimate of drug-likeness (QED) is 0.470. The van der Waals surface area contributed by atoms with Gasteiger partial charge in [-0.05, 0) is 51.5 Å². The predicted octanol–water partition coefficient (Wildman–Crippen LogP) is 4.50. The monoisotopic (exact) mass is 348 g/mol. The van der Waals surface area contributed by atoms with Gasteiger partial charge in [-0.1, -0.05) is 30.3 Å². The summed E-state index contributed by atoms with van der Waals surface area (Å²) in [7, 11) is 0. The maximum atomic E-state index is 13.2. The number of aryl methyl sites for hydroxylation is 1. The summed E-state index contributed by atoms with van der Waals surface area (Å²) in [4.78, 5) is 26.0. The van der Waals surface area contributed by atoms with E-state index in [2.05, 4.69) is 0 Å². The van der Waals surface area contributed by atoms with Crippen LogP contribution in [0.1, 0.15) is 26.3 Å². The van der Waals surface area contributed by atoms with Gasteiger partial charge in [0.05, 0.1) is 16.6 Å². The Morgan fingerprint density at radius 1 is 0.962 bits per heavy atom.